The molecule has 1 heterocycles. The fraction of sp³-hybridized carbons (Fsp3) is 0.844. The number of ether oxygens (including phenoxy) is 2. The number of nitrogens with one attached hydrogen (secondary N) is 1. The molecule has 0 aromatic rings. The maximum Gasteiger partial charge on any atom is 0.220 e. The van der Waals surface area contributed by atoms with Gasteiger partial charge in [-0.3, -0.25) is 4.79 Å². The molecule has 1 saturated heterocycles. The maximum atomic E-state index is 13.0. The van der Waals surface area contributed by atoms with Gasteiger partial charge < -0.3 is 40.3 Å². The van der Waals surface area contributed by atoms with Gasteiger partial charge in [-0.2, -0.15) is 0 Å². The first-order valence-electron chi connectivity index (χ1n) is 22.2. The lowest BCUT2D eigenvalue weighted by Crippen LogP contribution is -2.60. The minimum Gasteiger partial charge on any atom is -0.394 e. The topological polar surface area (TPSA) is 149 Å². The summed E-state index contributed by atoms with van der Waals surface area (Å²) in [5, 5.41) is 54.3. The second-order valence-corrected chi connectivity index (χ2v) is 15.5. The highest BCUT2D eigenvalue weighted by molar-refractivity contribution is 5.76. The number of unbranched alkanes of at least 4 members (excludes halogenated alkanes) is 20. The van der Waals surface area contributed by atoms with Crippen molar-refractivity contribution in [2.75, 3.05) is 13.2 Å². The lowest BCUT2D eigenvalue weighted by atomic mass is 9.99. The predicted octanol–water partition coefficient (Wildman–Crippen LogP) is 8.89. The van der Waals surface area contributed by atoms with E-state index in [1.807, 2.05) is 0 Å². The monoisotopic (exact) mass is 766 g/mol. The molecular formula is C45H83NO8. The van der Waals surface area contributed by atoms with Crippen LogP contribution in [0.2, 0.25) is 0 Å². The quantitative estimate of drug-likeness (QED) is 0.0274. The number of aliphatic hydroxyl groups is 5. The van der Waals surface area contributed by atoms with Gasteiger partial charge in [-0.25, -0.2) is 0 Å². The van der Waals surface area contributed by atoms with E-state index in [1.54, 1.807) is 0 Å². The van der Waals surface area contributed by atoms with Crippen molar-refractivity contribution in [3.05, 3.63) is 36.5 Å². The highest BCUT2D eigenvalue weighted by Gasteiger charge is 2.44. The van der Waals surface area contributed by atoms with Gasteiger partial charge in [0.2, 0.25) is 5.91 Å². The largest absolute Gasteiger partial charge is 0.394 e. The molecule has 1 fully saturated rings. The Morgan fingerprint density at radius 2 is 1.15 bits per heavy atom. The first-order valence-corrected chi connectivity index (χ1v) is 22.2. The van der Waals surface area contributed by atoms with Gasteiger partial charge in [0.05, 0.1) is 25.4 Å². The summed E-state index contributed by atoms with van der Waals surface area (Å²) in [5.41, 5.74) is 0. The summed E-state index contributed by atoms with van der Waals surface area (Å²) in [4.78, 5) is 13.0. The Labute approximate surface area is 330 Å². The molecule has 54 heavy (non-hydrogen) atoms. The summed E-state index contributed by atoms with van der Waals surface area (Å²) in [6.45, 7) is 3.71. The van der Waals surface area contributed by atoms with E-state index < -0.39 is 49.5 Å². The van der Waals surface area contributed by atoms with Crippen molar-refractivity contribution in [1.29, 1.82) is 0 Å². The second kappa shape index (κ2) is 35.8. The van der Waals surface area contributed by atoms with Gasteiger partial charge in [0, 0.05) is 6.42 Å². The van der Waals surface area contributed by atoms with Crippen LogP contribution in [0.25, 0.3) is 0 Å². The van der Waals surface area contributed by atoms with E-state index >= 15 is 0 Å². The van der Waals surface area contributed by atoms with E-state index in [2.05, 4.69) is 55.6 Å². The van der Waals surface area contributed by atoms with Crippen LogP contribution in [0.4, 0.5) is 0 Å². The van der Waals surface area contributed by atoms with Gasteiger partial charge in [-0.05, 0) is 44.9 Å². The third-order valence-corrected chi connectivity index (χ3v) is 10.5. The molecule has 0 aliphatic carbocycles. The van der Waals surface area contributed by atoms with E-state index in [-0.39, 0.29) is 12.5 Å². The molecule has 0 saturated carbocycles. The molecule has 0 radical (unpaired) electrons. The molecule has 316 valence electrons. The molecule has 1 amide bonds. The zero-order valence-electron chi connectivity index (χ0n) is 34.5. The Kier molecular flexibility index (Phi) is 33.4. The molecule has 0 aromatic carbocycles. The molecule has 7 atom stereocenters. The smallest absolute Gasteiger partial charge is 0.220 e. The molecule has 0 spiro atoms. The van der Waals surface area contributed by atoms with Crippen molar-refractivity contribution in [3.8, 4) is 0 Å². The number of aliphatic hydroxyl groups excluding tert-OH is 5. The molecule has 1 rings (SSSR count). The van der Waals surface area contributed by atoms with Crippen molar-refractivity contribution in [1.82, 2.24) is 5.32 Å². The minimum absolute atomic E-state index is 0.142. The lowest BCUT2D eigenvalue weighted by molar-refractivity contribution is -0.302. The number of carbonyl (C=O) groups excluding carboxylic acids is 1. The molecule has 9 nitrogen and oxygen atoms in total. The lowest BCUT2D eigenvalue weighted by Gasteiger charge is -2.40. The average Bonchev–Trinajstić information content (AvgIpc) is 3.17. The summed E-state index contributed by atoms with van der Waals surface area (Å²) in [6.07, 6.45) is 35.7. The average molecular weight is 766 g/mol. The Morgan fingerprint density at radius 1 is 0.648 bits per heavy atom. The number of hydrogen-bond donors (Lipinski definition) is 6. The van der Waals surface area contributed by atoms with Gasteiger partial charge in [0.15, 0.2) is 6.29 Å². The van der Waals surface area contributed by atoms with Crippen molar-refractivity contribution in [3.63, 3.8) is 0 Å². The zero-order chi connectivity index (χ0) is 39.5. The third-order valence-electron chi connectivity index (χ3n) is 10.5. The van der Waals surface area contributed by atoms with Crippen LogP contribution in [-0.2, 0) is 14.3 Å². The number of carbonyl (C=O) groups is 1. The Hall–Kier alpha value is -1.59. The Balaban J connectivity index is 2.35. The van der Waals surface area contributed by atoms with Crippen LogP contribution in [-0.4, -0.2) is 87.5 Å². The van der Waals surface area contributed by atoms with E-state index in [4.69, 9.17) is 9.47 Å². The van der Waals surface area contributed by atoms with Crippen molar-refractivity contribution >= 4 is 5.91 Å². The van der Waals surface area contributed by atoms with E-state index in [1.165, 1.54) is 89.9 Å². The van der Waals surface area contributed by atoms with Crippen LogP contribution in [0, 0.1) is 0 Å². The van der Waals surface area contributed by atoms with Gasteiger partial charge in [0.1, 0.15) is 24.4 Å². The Morgan fingerprint density at radius 3 is 1.70 bits per heavy atom. The molecule has 1 aliphatic rings. The summed E-state index contributed by atoms with van der Waals surface area (Å²) in [6, 6.07) is -0.722. The highest BCUT2D eigenvalue weighted by Crippen LogP contribution is 2.23. The van der Waals surface area contributed by atoms with E-state index in [0.717, 1.165) is 70.6 Å². The number of hydrogen-bond acceptors (Lipinski definition) is 8. The first-order chi connectivity index (χ1) is 26.3. The second-order valence-electron chi connectivity index (χ2n) is 15.5. The normalized spacial score (nSPS) is 21.8. The predicted molar refractivity (Wildman–Crippen MR) is 221 cm³/mol. The van der Waals surface area contributed by atoms with Crippen LogP contribution >= 0.6 is 0 Å². The van der Waals surface area contributed by atoms with Crippen LogP contribution in [0.3, 0.4) is 0 Å². The first kappa shape index (κ1) is 50.4. The number of allylic oxidation sites excluding steroid dienone is 6. The molecular weight excluding hydrogens is 682 g/mol. The van der Waals surface area contributed by atoms with Crippen molar-refractivity contribution in [2.24, 2.45) is 0 Å². The fourth-order valence-corrected chi connectivity index (χ4v) is 6.94. The van der Waals surface area contributed by atoms with Crippen LogP contribution in [0.5, 0.6) is 0 Å². The van der Waals surface area contributed by atoms with Crippen molar-refractivity contribution < 1.29 is 39.8 Å². The molecule has 6 N–H and O–H groups in total. The maximum absolute atomic E-state index is 13.0. The molecule has 7 unspecified atom stereocenters. The van der Waals surface area contributed by atoms with Crippen LogP contribution in [0.1, 0.15) is 187 Å². The highest BCUT2D eigenvalue weighted by atomic mass is 16.7. The molecule has 9 heteroatoms. The molecule has 0 aromatic heterocycles. The van der Waals surface area contributed by atoms with E-state index in [9.17, 15) is 30.3 Å². The van der Waals surface area contributed by atoms with Gasteiger partial charge in [0.25, 0.3) is 0 Å². The Bertz CT molecular complexity index is 941. The van der Waals surface area contributed by atoms with Crippen molar-refractivity contribution in [2.45, 2.75) is 230 Å². The standard InChI is InChI=1S/C45H83NO8/c1-3-5-7-9-11-13-15-17-19-20-21-23-25-27-29-31-33-35-41(49)46-38(37-53-45-44(52)43(51)42(50)40(36-47)54-45)39(48)34-32-30-28-26-24-22-18-16-14-12-10-8-6-4-2/h5,7,11,13,17,19,38-40,42-45,47-48,50-52H,3-4,6,8-10,12,14-16,18,20-37H2,1-2H3,(H,46,49)/b7-5-,13-11-,19-17-. The molecule has 0 bridgehead atoms. The summed E-state index contributed by atoms with van der Waals surface area (Å²) < 4.78 is 11.2. The number of amides is 1. The summed E-state index contributed by atoms with van der Waals surface area (Å²) in [5.74, 6) is -0.156. The van der Waals surface area contributed by atoms with Crippen LogP contribution < -0.4 is 5.32 Å². The summed E-state index contributed by atoms with van der Waals surface area (Å²) >= 11 is 0. The SMILES string of the molecule is CC/C=C\C/C=C\C/C=C\CCCCCCCCCC(=O)NC(COC1OC(CO)C(O)C(O)C1O)C(O)CCCCCCCCCCCCCCCC. The van der Waals surface area contributed by atoms with Gasteiger partial charge >= 0.3 is 0 Å². The van der Waals surface area contributed by atoms with E-state index in [0.29, 0.717) is 12.8 Å². The minimum atomic E-state index is -1.55. The van der Waals surface area contributed by atoms with Gasteiger partial charge in [-0.15, -0.1) is 0 Å². The fourth-order valence-electron chi connectivity index (χ4n) is 6.94. The van der Waals surface area contributed by atoms with Gasteiger partial charge in [-0.1, -0.05) is 172 Å². The molecule has 1 aliphatic heterocycles. The summed E-state index contributed by atoms with van der Waals surface area (Å²) in [7, 11) is 0. The zero-order valence-corrected chi connectivity index (χ0v) is 34.5. The third kappa shape index (κ3) is 26.3. The number of rotatable bonds is 36. The van der Waals surface area contributed by atoms with Crippen LogP contribution in [0.15, 0.2) is 36.5 Å².